The smallest absolute Gasteiger partial charge is 0.0101 e. The lowest BCUT2D eigenvalue weighted by Gasteiger charge is -2.29. The summed E-state index contributed by atoms with van der Waals surface area (Å²) in [5.74, 6) is 1.11. The maximum atomic E-state index is 2.84. The van der Waals surface area contributed by atoms with Gasteiger partial charge in [-0.15, -0.1) is 0 Å². The van der Waals surface area contributed by atoms with E-state index >= 15 is 0 Å². The van der Waals surface area contributed by atoms with Gasteiger partial charge in [0.05, 0.1) is 0 Å². The normalized spacial score (nSPS) is 47.5. The highest BCUT2D eigenvalue weighted by Gasteiger charge is 2.38. The molecule has 0 aromatic heterocycles. The molecule has 0 amide bonds. The van der Waals surface area contributed by atoms with E-state index in [0.29, 0.717) is 0 Å². The van der Waals surface area contributed by atoms with E-state index in [1.165, 1.54) is 51.5 Å². The van der Waals surface area contributed by atoms with Crippen molar-refractivity contribution >= 4 is 0 Å². The van der Waals surface area contributed by atoms with Gasteiger partial charge in [0.1, 0.15) is 0 Å². The number of hydrogen-bond acceptors (Lipinski definition) is 1. The molecule has 1 aliphatic carbocycles. The topological polar surface area (TPSA) is 3.24 Å². The van der Waals surface area contributed by atoms with Gasteiger partial charge >= 0.3 is 0 Å². The van der Waals surface area contributed by atoms with Crippen molar-refractivity contribution in [1.29, 1.82) is 0 Å². The molecule has 3 aliphatic rings. The zero-order chi connectivity index (χ0) is 7.97. The molecule has 2 saturated heterocycles. The fourth-order valence-corrected chi connectivity index (χ4v) is 3.69. The summed E-state index contributed by atoms with van der Waals surface area (Å²) in [4.78, 5) is 2.84. The molecule has 3 unspecified atom stereocenters. The molecular weight excluding hydrogens is 146 g/mol. The minimum Gasteiger partial charge on any atom is -0.297 e. The van der Waals surface area contributed by atoms with E-state index in [9.17, 15) is 0 Å². The quantitative estimate of drug-likeness (QED) is 0.533. The van der Waals surface area contributed by atoms with Gasteiger partial charge in [-0.3, -0.25) is 4.90 Å². The molecule has 0 aromatic carbocycles. The molecule has 2 heterocycles. The van der Waals surface area contributed by atoms with Crippen molar-refractivity contribution < 1.29 is 0 Å². The molecule has 2 aliphatic heterocycles. The molecule has 0 aromatic rings. The third-order valence-electron chi connectivity index (χ3n) is 4.31. The molecule has 1 saturated carbocycles. The molecular formula is C11H19N. The zero-order valence-corrected chi connectivity index (χ0v) is 7.84. The average Bonchev–Trinajstić information content (AvgIpc) is 2.61. The molecule has 3 atom stereocenters. The molecule has 68 valence electrons. The van der Waals surface area contributed by atoms with Crippen LogP contribution in [-0.4, -0.2) is 23.5 Å². The van der Waals surface area contributed by atoms with Crippen molar-refractivity contribution in [2.45, 2.75) is 57.0 Å². The van der Waals surface area contributed by atoms with Crippen LogP contribution in [0.5, 0.6) is 0 Å². The first-order valence-corrected chi connectivity index (χ1v) is 5.69. The summed E-state index contributed by atoms with van der Waals surface area (Å²) in [6.07, 6.45) is 10.6. The fourth-order valence-electron chi connectivity index (χ4n) is 3.69. The van der Waals surface area contributed by atoms with Crippen molar-refractivity contribution in [3.05, 3.63) is 0 Å². The molecule has 1 nitrogen and oxygen atoms in total. The SMILES string of the molecule is C1CC2CCC3CCC(C3)N2C1. The molecule has 0 radical (unpaired) electrons. The Morgan fingerprint density at radius 1 is 0.833 bits per heavy atom. The van der Waals surface area contributed by atoms with Crippen LogP contribution in [-0.2, 0) is 0 Å². The summed E-state index contributed by atoms with van der Waals surface area (Å²) < 4.78 is 0. The summed E-state index contributed by atoms with van der Waals surface area (Å²) in [6.45, 7) is 1.42. The van der Waals surface area contributed by atoms with Gasteiger partial charge in [0.15, 0.2) is 0 Å². The first kappa shape index (κ1) is 7.37. The molecule has 3 rings (SSSR count). The van der Waals surface area contributed by atoms with E-state index in [1.807, 2.05) is 0 Å². The Kier molecular flexibility index (Phi) is 1.68. The summed E-state index contributed by atoms with van der Waals surface area (Å²) in [5, 5.41) is 0. The van der Waals surface area contributed by atoms with Crippen LogP contribution in [0.15, 0.2) is 0 Å². The van der Waals surface area contributed by atoms with Crippen LogP contribution in [0.1, 0.15) is 44.9 Å². The van der Waals surface area contributed by atoms with Crippen molar-refractivity contribution in [3.63, 3.8) is 0 Å². The summed E-state index contributed by atoms with van der Waals surface area (Å²) in [5.41, 5.74) is 0. The Morgan fingerprint density at radius 3 is 2.58 bits per heavy atom. The Morgan fingerprint density at radius 2 is 1.67 bits per heavy atom. The predicted octanol–water partition coefficient (Wildman–Crippen LogP) is 2.41. The molecule has 0 N–H and O–H groups in total. The minimum atomic E-state index is 1.00. The highest BCUT2D eigenvalue weighted by atomic mass is 15.2. The molecule has 0 spiro atoms. The van der Waals surface area contributed by atoms with E-state index in [-0.39, 0.29) is 0 Å². The standard InChI is InChI=1S/C11H19N/c1-2-10-5-3-9-4-6-11(8-9)12(10)7-1/h9-11H,1-8H2. The lowest BCUT2D eigenvalue weighted by Crippen LogP contribution is -2.36. The van der Waals surface area contributed by atoms with Crippen LogP contribution in [0, 0.1) is 5.92 Å². The first-order chi connectivity index (χ1) is 5.93. The summed E-state index contributed by atoms with van der Waals surface area (Å²) in [7, 11) is 0. The molecule has 1 heteroatoms. The Labute approximate surface area is 75.1 Å². The third kappa shape index (κ3) is 1.02. The van der Waals surface area contributed by atoms with Crippen LogP contribution >= 0.6 is 0 Å². The van der Waals surface area contributed by atoms with Gasteiger partial charge in [-0.05, 0) is 57.4 Å². The predicted molar refractivity (Wildman–Crippen MR) is 50.1 cm³/mol. The fraction of sp³-hybridized carbons (Fsp3) is 1.00. The van der Waals surface area contributed by atoms with Crippen LogP contribution in [0.3, 0.4) is 0 Å². The highest BCUT2D eigenvalue weighted by Crippen LogP contribution is 2.40. The van der Waals surface area contributed by atoms with Gasteiger partial charge in [0.2, 0.25) is 0 Å². The zero-order valence-electron chi connectivity index (χ0n) is 7.84. The van der Waals surface area contributed by atoms with Crippen molar-refractivity contribution in [3.8, 4) is 0 Å². The van der Waals surface area contributed by atoms with Gasteiger partial charge < -0.3 is 0 Å². The lowest BCUT2D eigenvalue weighted by molar-refractivity contribution is 0.183. The van der Waals surface area contributed by atoms with E-state index < -0.39 is 0 Å². The second kappa shape index (κ2) is 2.73. The van der Waals surface area contributed by atoms with Gasteiger partial charge in [0, 0.05) is 12.1 Å². The Bertz CT molecular complexity index is 178. The Hall–Kier alpha value is -0.0400. The average molecular weight is 165 g/mol. The molecule has 2 bridgehead atoms. The van der Waals surface area contributed by atoms with Gasteiger partial charge in [-0.2, -0.15) is 0 Å². The summed E-state index contributed by atoms with van der Waals surface area (Å²) in [6, 6.07) is 2.00. The number of fused-ring (bicyclic) bond motifs is 4. The van der Waals surface area contributed by atoms with Crippen LogP contribution < -0.4 is 0 Å². The third-order valence-corrected chi connectivity index (χ3v) is 4.31. The van der Waals surface area contributed by atoms with E-state index in [2.05, 4.69) is 4.90 Å². The maximum Gasteiger partial charge on any atom is 0.0101 e. The lowest BCUT2D eigenvalue weighted by atomic mass is 9.99. The largest absolute Gasteiger partial charge is 0.297 e. The maximum absolute atomic E-state index is 2.84. The summed E-state index contributed by atoms with van der Waals surface area (Å²) >= 11 is 0. The number of nitrogens with zero attached hydrogens (tertiary/aromatic N) is 1. The Balaban J connectivity index is 1.82. The first-order valence-electron chi connectivity index (χ1n) is 5.69. The highest BCUT2D eigenvalue weighted by molar-refractivity contribution is 4.93. The number of hydrogen-bond donors (Lipinski definition) is 0. The second-order valence-corrected chi connectivity index (χ2v) is 4.94. The van der Waals surface area contributed by atoms with Crippen LogP contribution in [0.4, 0.5) is 0 Å². The van der Waals surface area contributed by atoms with Crippen molar-refractivity contribution in [2.75, 3.05) is 6.54 Å². The van der Waals surface area contributed by atoms with Gasteiger partial charge in [-0.25, -0.2) is 0 Å². The minimum absolute atomic E-state index is 1.00. The van der Waals surface area contributed by atoms with Crippen LogP contribution in [0.2, 0.25) is 0 Å². The second-order valence-electron chi connectivity index (χ2n) is 4.94. The van der Waals surface area contributed by atoms with Gasteiger partial charge in [-0.1, -0.05) is 0 Å². The molecule has 3 fully saturated rings. The van der Waals surface area contributed by atoms with Gasteiger partial charge in [0.25, 0.3) is 0 Å². The number of rotatable bonds is 0. The van der Waals surface area contributed by atoms with E-state index in [4.69, 9.17) is 0 Å². The van der Waals surface area contributed by atoms with Crippen LogP contribution in [0.25, 0.3) is 0 Å². The van der Waals surface area contributed by atoms with Crippen molar-refractivity contribution in [2.24, 2.45) is 5.92 Å². The molecule has 12 heavy (non-hydrogen) atoms. The van der Waals surface area contributed by atoms with Crippen molar-refractivity contribution in [1.82, 2.24) is 4.90 Å². The monoisotopic (exact) mass is 165 g/mol. The van der Waals surface area contributed by atoms with E-state index in [0.717, 1.165) is 18.0 Å². The van der Waals surface area contributed by atoms with E-state index in [1.54, 1.807) is 0 Å².